The van der Waals surface area contributed by atoms with Crippen molar-refractivity contribution in [2.75, 3.05) is 13.7 Å². The van der Waals surface area contributed by atoms with Crippen molar-refractivity contribution >= 4 is 0 Å². The van der Waals surface area contributed by atoms with Gasteiger partial charge in [-0.1, -0.05) is 0 Å². The normalized spacial score (nSPS) is 15.5. The third kappa shape index (κ3) is 1.87. The van der Waals surface area contributed by atoms with Gasteiger partial charge in [0.2, 0.25) is 0 Å². The summed E-state index contributed by atoms with van der Waals surface area (Å²) in [5.74, 6) is 1.85. The molecule has 1 aliphatic rings. The minimum atomic E-state index is -0.361. The van der Waals surface area contributed by atoms with E-state index in [0.29, 0.717) is 6.42 Å². The van der Waals surface area contributed by atoms with Crippen LogP contribution in [0.4, 0.5) is 0 Å². The van der Waals surface area contributed by atoms with Crippen LogP contribution in [-0.4, -0.2) is 24.9 Å². The molecule has 0 aliphatic carbocycles. The van der Waals surface area contributed by atoms with Gasteiger partial charge in [0.25, 0.3) is 0 Å². The molecule has 1 heterocycles. The van der Waals surface area contributed by atoms with Crippen molar-refractivity contribution in [1.29, 1.82) is 0 Å². The van der Waals surface area contributed by atoms with Crippen molar-refractivity contribution in [3.05, 3.63) is 22.8 Å². The number of hydrogen-bond donors (Lipinski definition) is 1. The number of rotatable bonds is 3. The Bertz CT molecular complexity index is 393. The van der Waals surface area contributed by atoms with E-state index in [2.05, 4.69) is 0 Å². The highest BCUT2D eigenvalue weighted by molar-refractivity contribution is 5.55. The van der Waals surface area contributed by atoms with Crippen molar-refractivity contribution in [2.24, 2.45) is 0 Å². The molecule has 0 saturated heterocycles. The van der Waals surface area contributed by atoms with E-state index in [1.54, 1.807) is 14.0 Å². The number of methoxy groups -OCH3 is 1. The summed E-state index contributed by atoms with van der Waals surface area (Å²) in [6.07, 6.45) is 1.17. The Morgan fingerprint density at radius 2 is 2.31 bits per heavy atom. The summed E-state index contributed by atoms with van der Waals surface area (Å²) in [5, 5.41) is 9.55. The third-order valence-corrected chi connectivity index (χ3v) is 2.95. The average Bonchev–Trinajstić information content (AvgIpc) is 2.64. The molecule has 3 nitrogen and oxygen atoms in total. The van der Waals surface area contributed by atoms with Crippen LogP contribution in [0.15, 0.2) is 6.07 Å². The van der Waals surface area contributed by atoms with Crippen LogP contribution in [0.1, 0.15) is 23.6 Å². The molecule has 1 atom stereocenters. The fourth-order valence-electron chi connectivity index (χ4n) is 2.33. The van der Waals surface area contributed by atoms with E-state index in [1.807, 2.05) is 13.0 Å². The van der Waals surface area contributed by atoms with Crippen molar-refractivity contribution in [1.82, 2.24) is 0 Å². The van der Waals surface area contributed by atoms with Gasteiger partial charge in [0, 0.05) is 24.0 Å². The highest BCUT2D eigenvalue weighted by Crippen LogP contribution is 2.38. The van der Waals surface area contributed by atoms with Gasteiger partial charge in [-0.05, 0) is 25.5 Å². The van der Waals surface area contributed by atoms with E-state index in [0.717, 1.165) is 35.7 Å². The van der Waals surface area contributed by atoms with Gasteiger partial charge in [-0.2, -0.15) is 0 Å². The average molecular weight is 222 g/mol. The zero-order valence-electron chi connectivity index (χ0n) is 10.0. The number of aryl methyl sites for hydroxylation is 1. The van der Waals surface area contributed by atoms with Crippen molar-refractivity contribution < 1.29 is 14.6 Å². The van der Waals surface area contributed by atoms with Gasteiger partial charge in [-0.3, -0.25) is 0 Å². The molecule has 0 saturated carbocycles. The van der Waals surface area contributed by atoms with Gasteiger partial charge < -0.3 is 14.6 Å². The molecule has 0 fully saturated rings. The van der Waals surface area contributed by atoms with Crippen LogP contribution in [0.25, 0.3) is 0 Å². The third-order valence-electron chi connectivity index (χ3n) is 2.95. The van der Waals surface area contributed by atoms with Crippen molar-refractivity contribution in [3.8, 4) is 11.5 Å². The molecule has 1 aliphatic heterocycles. The SMILES string of the molecule is COc1c(C)cc2c(c1CC(C)O)CCO2. The van der Waals surface area contributed by atoms with Crippen LogP contribution in [0.3, 0.4) is 0 Å². The minimum Gasteiger partial charge on any atom is -0.496 e. The van der Waals surface area contributed by atoms with Crippen LogP contribution in [0, 0.1) is 6.92 Å². The maximum atomic E-state index is 9.55. The number of hydrogen-bond acceptors (Lipinski definition) is 3. The first-order valence-electron chi connectivity index (χ1n) is 5.63. The maximum absolute atomic E-state index is 9.55. The predicted octanol–water partition coefficient (Wildman–Crippen LogP) is 1.86. The Kier molecular flexibility index (Phi) is 3.06. The molecule has 3 heteroatoms. The molecule has 0 aromatic heterocycles. The molecule has 1 unspecified atom stereocenters. The van der Waals surface area contributed by atoms with Gasteiger partial charge in [0.1, 0.15) is 11.5 Å². The Hall–Kier alpha value is -1.22. The van der Waals surface area contributed by atoms with Crippen molar-refractivity contribution in [3.63, 3.8) is 0 Å². The highest BCUT2D eigenvalue weighted by atomic mass is 16.5. The summed E-state index contributed by atoms with van der Waals surface area (Å²) in [6, 6.07) is 2.02. The van der Waals surface area contributed by atoms with Gasteiger partial charge in [-0.25, -0.2) is 0 Å². The first-order valence-corrected chi connectivity index (χ1v) is 5.63. The van der Waals surface area contributed by atoms with Gasteiger partial charge in [0.15, 0.2) is 0 Å². The Balaban J connectivity index is 2.52. The van der Waals surface area contributed by atoms with E-state index >= 15 is 0 Å². The van der Waals surface area contributed by atoms with Gasteiger partial charge in [-0.15, -0.1) is 0 Å². The van der Waals surface area contributed by atoms with Crippen LogP contribution >= 0.6 is 0 Å². The molecule has 1 N–H and O–H groups in total. The summed E-state index contributed by atoms with van der Waals surface area (Å²) in [7, 11) is 1.68. The summed E-state index contributed by atoms with van der Waals surface area (Å²) in [4.78, 5) is 0. The molecule has 0 radical (unpaired) electrons. The monoisotopic (exact) mass is 222 g/mol. The zero-order chi connectivity index (χ0) is 11.7. The number of ether oxygens (including phenoxy) is 2. The number of aliphatic hydroxyl groups excluding tert-OH is 1. The van der Waals surface area contributed by atoms with Gasteiger partial charge in [0.05, 0.1) is 19.8 Å². The lowest BCUT2D eigenvalue weighted by Gasteiger charge is -2.16. The minimum absolute atomic E-state index is 0.361. The molecule has 1 aromatic carbocycles. The molecule has 0 amide bonds. The Labute approximate surface area is 96.0 Å². The fraction of sp³-hybridized carbons (Fsp3) is 0.538. The molecule has 16 heavy (non-hydrogen) atoms. The molecule has 1 aromatic rings. The molecular formula is C13H18O3. The van der Waals surface area contributed by atoms with Gasteiger partial charge >= 0.3 is 0 Å². The molecule has 88 valence electrons. The first-order chi connectivity index (χ1) is 7.63. The first kappa shape index (κ1) is 11.3. The quantitative estimate of drug-likeness (QED) is 0.848. The Morgan fingerprint density at radius 1 is 1.56 bits per heavy atom. The summed E-state index contributed by atoms with van der Waals surface area (Å²) < 4.78 is 11.0. The second-order valence-electron chi connectivity index (χ2n) is 4.33. The number of aliphatic hydroxyl groups is 1. The van der Waals surface area contributed by atoms with E-state index in [9.17, 15) is 5.11 Å². The van der Waals surface area contributed by atoms with E-state index in [4.69, 9.17) is 9.47 Å². The van der Waals surface area contributed by atoms with Crippen LogP contribution in [0.5, 0.6) is 11.5 Å². The lowest BCUT2D eigenvalue weighted by atomic mass is 9.96. The maximum Gasteiger partial charge on any atom is 0.125 e. The van der Waals surface area contributed by atoms with Crippen LogP contribution in [0.2, 0.25) is 0 Å². The zero-order valence-corrected chi connectivity index (χ0v) is 10.0. The van der Waals surface area contributed by atoms with Crippen molar-refractivity contribution in [2.45, 2.75) is 32.8 Å². The highest BCUT2D eigenvalue weighted by Gasteiger charge is 2.22. The molecule has 0 bridgehead atoms. The smallest absolute Gasteiger partial charge is 0.125 e. The second-order valence-corrected chi connectivity index (χ2v) is 4.33. The van der Waals surface area contributed by atoms with E-state index in [-0.39, 0.29) is 6.10 Å². The standard InChI is InChI=1S/C13H18O3/c1-8-6-12-10(4-5-16-12)11(7-9(2)14)13(8)15-3/h6,9,14H,4-5,7H2,1-3H3. The lowest BCUT2D eigenvalue weighted by molar-refractivity contribution is 0.194. The predicted molar refractivity (Wildman–Crippen MR) is 62.3 cm³/mol. The van der Waals surface area contributed by atoms with E-state index in [1.165, 1.54) is 5.56 Å². The molecule has 2 rings (SSSR count). The summed E-state index contributed by atoms with van der Waals surface area (Å²) in [5.41, 5.74) is 3.37. The summed E-state index contributed by atoms with van der Waals surface area (Å²) >= 11 is 0. The number of fused-ring (bicyclic) bond motifs is 1. The molecule has 0 spiro atoms. The largest absolute Gasteiger partial charge is 0.496 e. The fourth-order valence-corrected chi connectivity index (χ4v) is 2.33. The van der Waals surface area contributed by atoms with Crippen LogP contribution in [-0.2, 0) is 12.8 Å². The van der Waals surface area contributed by atoms with Crippen LogP contribution < -0.4 is 9.47 Å². The summed E-state index contributed by atoms with van der Waals surface area (Å²) in [6.45, 7) is 4.53. The topological polar surface area (TPSA) is 38.7 Å². The second kappa shape index (κ2) is 4.34. The molecular weight excluding hydrogens is 204 g/mol. The number of benzene rings is 1. The lowest BCUT2D eigenvalue weighted by Crippen LogP contribution is -2.09. The van der Waals surface area contributed by atoms with E-state index < -0.39 is 0 Å². The Morgan fingerprint density at radius 3 is 2.94 bits per heavy atom.